The molecule has 1 fully saturated rings. The van der Waals surface area contributed by atoms with Crippen LogP contribution in [0, 0.1) is 6.92 Å². The largest absolute Gasteiger partial charge is 0.507 e. The Morgan fingerprint density at radius 2 is 1.84 bits per heavy atom. The Labute approximate surface area is 191 Å². The summed E-state index contributed by atoms with van der Waals surface area (Å²) in [5.41, 5.74) is 1.79. The van der Waals surface area contributed by atoms with Crippen molar-refractivity contribution < 1.29 is 24.2 Å². The monoisotopic (exact) mass is 463 g/mol. The number of aliphatic hydroxyl groups excluding tert-OH is 1. The number of ketones is 1. The van der Waals surface area contributed by atoms with Crippen molar-refractivity contribution in [2.45, 2.75) is 19.4 Å². The van der Waals surface area contributed by atoms with Gasteiger partial charge in [0.1, 0.15) is 11.5 Å². The lowest BCUT2D eigenvalue weighted by molar-refractivity contribution is -0.140. The summed E-state index contributed by atoms with van der Waals surface area (Å²) in [6, 6.07) is 9.16. The van der Waals surface area contributed by atoms with Crippen LogP contribution in [-0.2, 0) is 14.3 Å². The van der Waals surface area contributed by atoms with Gasteiger partial charge in [0.2, 0.25) is 0 Å². The van der Waals surface area contributed by atoms with E-state index in [-0.39, 0.29) is 17.9 Å². The van der Waals surface area contributed by atoms with Crippen LogP contribution in [0.25, 0.3) is 5.76 Å². The third-order valence-electron chi connectivity index (χ3n) is 5.22. The van der Waals surface area contributed by atoms with Crippen molar-refractivity contribution in [2.24, 2.45) is 0 Å². The number of halogens is 2. The number of ether oxygens (including phenoxy) is 2. The third-order valence-corrected chi connectivity index (χ3v) is 5.95. The third kappa shape index (κ3) is 4.56. The molecule has 0 spiro atoms. The van der Waals surface area contributed by atoms with Crippen LogP contribution < -0.4 is 4.74 Å². The second-order valence-corrected chi connectivity index (χ2v) is 8.01. The lowest BCUT2D eigenvalue weighted by Crippen LogP contribution is -2.31. The Bertz CT molecular complexity index is 1050. The van der Waals surface area contributed by atoms with E-state index in [4.69, 9.17) is 32.7 Å². The van der Waals surface area contributed by atoms with Crippen molar-refractivity contribution in [3.05, 3.63) is 68.7 Å². The van der Waals surface area contributed by atoms with Gasteiger partial charge >= 0.3 is 0 Å². The molecular weight excluding hydrogens is 441 g/mol. The van der Waals surface area contributed by atoms with Gasteiger partial charge in [-0.05, 0) is 54.8 Å². The molecule has 2 aromatic carbocycles. The van der Waals surface area contributed by atoms with Gasteiger partial charge in [-0.25, -0.2) is 0 Å². The predicted molar refractivity (Wildman–Crippen MR) is 120 cm³/mol. The van der Waals surface area contributed by atoms with Gasteiger partial charge in [0.25, 0.3) is 11.7 Å². The van der Waals surface area contributed by atoms with Gasteiger partial charge in [0, 0.05) is 25.8 Å². The second-order valence-electron chi connectivity index (χ2n) is 7.20. The highest BCUT2D eigenvalue weighted by Gasteiger charge is 2.45. The SMILES string of the molecule is COCCCN1C(=O)C(=O)/C(=C(/O)c2ccc(OC)c(C)c2)[C@@H]1c1ccc(Cl)c(Cl)c1. The average molecular weight is 464 g/mol. The molecule has 0 radical (unpaired) electrons. The Morgan fingerprint density at radius 3 is 2.45 bits per heavy atom. The van der Waals surface area contributed by atoms with E-state index in [2.05, 4.69) is 0 Å². The van der Waals surface area contributed by atoms with E-state index in [0.29, 0.717) is 39.9 Å². The first-order valence-electron chi connectivity index (χ1n) is 9.67. The minimum Gasteiger partial charge on any atom is -0.507 e. The number of amides is 1. The molecule has 0 saturated carbocycles. The standard InChI is InChI=1S/C23H23Cl2NO5/c1-13-11-15(6-8-18(13)31-3)21(27)19-20(14-5-7-16(24)17(25)12-14)26(9-4-10-30-2)23(29)22(19)28/h5-8,11-12,20,27H,4,9-10H2,1-3H3/b21-19+/t20-/m0/s1. The molecule has 3 rings (SSSR count). The van der Waals surface area contributed by atoms with Crippen LogP contribution in [0.5, 0.6) is 5.75 Å². The number of carbonyl (C=O) groups is 2. The van der Waals surface area contributed by atoms with Gasteiger partial charge < -0.3 is 19.5 Å². The van der Waals surface area contributed by atoms with Gasteiger partial charge in [-0.3, -0.25) is 9.59 Å². The Morgan fingerprint density at radius 1 is 1.10 bits per heavy atom. The molecular formula is C23H23Cl2NO5. The maximum atomic E-state index is 13.0. The number of hydrogen-bond donors (Lipinski definition) is 1. The van der Waals surface area contributed by atoms with Crippen molar-refractivity contribution >= 4 is 40.7 Å². The van der Waals surface area contributed by atoms with Crippen LogP contribution >= 0.6 is 23.2 Å². The normalized spacial score (nSPS) is 18.0. The number of aryl methyl sites for hydroxylation is 1. The molecule has 164 valence electrons. The summed E-state index contributed by atoms with van der Waals surface area (Å²) >= 11 is 12.3. The average Bonchev–Trinajstić information content (AvgIpc) is 3.00. The minimum absolute atomic E-state index is 0.00497. The van der Waals surface area contributed by atoms with Crippen molar-refractivity contribution in [1.82, 2.24) is 4.90 Å². The summed E-state index contributed by atoms with van der Waals surface area (Å²) in [5.74, 6) is -1.04. The summed E-state index contributed by atoms with van der Waals surface area (Å²) in [7, 11) is 3.12. The molecule has 1 heterocycles. The Balaban J connectivity index is 2.15. The molecule has 1 saturated heterocycles. The smallest absolute Gasteiger partial charge is 0.295 e. The minimum atomic E-state index is -0.797. The van der Waals surface area contributed by atoms with E-state index in [1.54, 1.807) is 50.6 Å². The fourth-order valence-corrected chi connectivity index (χ4v) is 4.01. The van der Waals surface area contributed by atoms with Crippen LogP contribution in [-0.4, -0.2) is 49.1 Å². The number of methoxy groups -OCH3 is 2. The lowest BCUT2D eigenvalue weighted by Gasteiger charge is -2.25. The highest BCUT2D eigenvalue weighted by molar-refractivity contribution is 6.46. The first kappa shape index (κ1) is 23.1. The highest BCUT2D eigenvalue weighted by atomic mass is 35.5. The fraction of sp³-hybridized carbons (Fsp3) is 0.304. The molecule has 1 atom stereocenters. The lowest BCUT2D eigenvalue weighted by atomic mass is 9.94. The zero-order chi connectivity index (χ0) is 22.7. The van der Waals surface area contributed by atoms with E-state index >= 15 is 0 Å². The molecule has 1 aliphatic rings. The van der Waals surface area contributed by atoms with Crippen molar-refractivity contribution in [1.29, 1.82) is 0 Å². The van der Waals surface area contributed by atoms with Crippen LogP contribution in [0.2, 0.25) is 10.0 Å². The molecule has 1 amide bonds. The van der Waals surface area contributed by atoms with Crippen molar-refractivity contribution in [3.63, 3.8) is 0 Å². The van der Waals surface area contributed by atoms with E-state index in [1.807, 2.05) is 6.92 Å². The van der Waals surface area contributed by atoms with Gasteiger partial charge in [-0.1, -0.05) is 29.3 Å². The van der Waals surface area contributed by atoms with Crippen LogP contribution in [0.1, 0.15) is 29.2 Å². The first-order chi connectivity index (χ1) is 14.8. The number of nitrogens with zero attached hydrogens (tertiary/aromatic N) is 1. The van der Waals surface area contributed by atoms with Gasteiger partial charge in [0.05, 0.1) is 28.8 Å². The van der Waals surface area contributed by atoms with Crippen molar-refractivity contribution in [3.8, 4) is 5.75 Å². The Kier molecular flexibility index (Phi) is 7.26. The Hall–Kier alpha value is -2.54. The molecule has 0 unspecified atom stereocenters. The van der Waals surface area contributed by atoms with Gasteiger partial charge in [-0.15, -0.1) is 0 Å². The molecule has 31 heavy (non-hydrogen) atoms. The first-order valence-corrected chi connectivity index (χ1v) is 10.4. The number of carbonyl (C=O) groups excluding carboxylic acids is 2. The summed E-state index contributed by atoms with van der Waals surface area (Å²) in [6.45, 7) is 2.53. The quantitative estimate of drug-likeness (QED) is 0.277. The zero-order valence-corrected chi connectivity index (χ0v) is 19.0. The number of aliphatic hydroxyl groups is 1. The summed E-state index contributed by atoms with van der Waals surface area (Å²) in [5, 5.41) is 11.7. The second kappa shape index (κ2) is 9.73. The zero-order valence-electron chi connectivity index (χ0n) is 17.4. The summed E-state index contributed by atoms with van der Waals surface area (Å²) in [4.78, 5) is 27.3. The van der Waals surface area contributed by atoms with Gasteiger partial charge in [0.15, 0.2) is 0 Å². The summed E-state index contributed by atoms with van der Waals surface area (Å²) < 4.78 is 10.3. The number of benzene rings is 2. The van der Waals surface area contributed by atoms with E-state index in [1.165, 1.54) is 4.90 Å². The molecule has 8 heteroatoms. The summed E-state index contributed by atoms with van der Waals surface area (Å²) in [6.07, 6.45) is 0.531. The predicted octanol–water partition coefficient (Wildman–Crippen LogP) is 4.77. The maximum absolute atomic E-state index is 13.0. The molecule has 0 aliphatic carbocycles. The highest BCUT2D eigenvalue weighted by Crippen LogP contribution is 2.41. The molecule has 2 aromatic rings. The molecule has 1 aliphatic heterocycles. The molecule has 6 nitrogen and oxygen atoms in total. The van der Waals surface area contributed by atoms with E-state index in [9.17, 15) is 14.7 Å². The number of hydrogen-bond acceptors (Lipinski definition) is 5. The van der Waals surface area contributed by atoms with E-state index < -0.39 is 17.7 Å². The van der Waals surface area contributed by atoms with Crippen LogP contribution in [0.4, 0.5) is 0 Å². The molecule has 1 N–H and O–H groups in total. The number of Topliss-reactive ketones (excluding diaryl/α,β-unsaturated/α-hetero) is 1. The van der Waals surface area contributed by atoms with Gasteiger partial charge in [-0.2, -0.15) is 0 Å². The van der Waals surface area contributed by atoms with Crippen LogP contribution in [0.3, 0.4) is 0 Å². The van der Waals surface area contributed by atoms with E-state index in [0.717, 1.165) is 5.56 Å². The number of likely N-dealkylation sites (tertiary alicyclic amines) is 1. The molecule has 0 bridgehead atoms. The molecule has 0 aromatic heterocycles. The van der Waals surface area contributed by atoms with Crippen LogP contribution in [0.15, 0.2) is 42.0 Å². The topological polar surface area (TPSA) is 76.1 Å². The maximum Gasteiger partial charge on any atom is 0.295 e. The fourth-order valence-electron chi connectivity index (χ4n) is 3.70. The number of rotatable bonds is 7. The van der Waals surface area contributed by atoms with Crippen molar-refractivity contribution in [2.75, 3.05) is 27.4 Å².